The average molecular weight is 357 g/mol. The number of carbonyl (C=O) groups excluding carboxylic acids is 2. The highest BCUT2D eigenvalue weighted by Gasteiger charge is 2.31. The van der Waals surface area contributed by atoms with Crippen LogP contribution in [0.15, 0.2) is 24.3 Å². The van der Waals surface area contributed by atoms with E-state index in [1.165, 1.54) is 11.1 Å². The summed E-state index contributed by atoms with van der Waals surface area (Å²) in [4.78, 5) is 31.4. The highest BCUT2D eigenvalue weighted by atomic mass is 16.2. The molecule has 2 saturated heterocycles. The molecule has 0 saturated carbocycles. The third-order valence-electron chi connectivity index (χ3n) is 5.76. The van der Waals surface area contributed by atoms with Gasteiger partial charge in [0.2, 0.25) is 11.8 Å². The predicted molar refractivity (Wildman–Crippen MR) is 103 cm³/mol. The number of nitrogens with zero attached hydrogens (tertiary/aromatic N) is 3. The molecule has 0 atom stereocenters. The first kappa shape index (κ1) is 18.9. The van der Waals surface area contributed by atoms with Gasteiger partial charge in [-0.25, -0.2) is 0 Å². The first-order valence-electron chi connectivity index (χ1n) is 9.83. The van der Waals surface area contributed by atoms with E-state index >= 15 is 0 Å². The third kappa shape index (κ3) is 4.85. The van der Waals surface area contributed by atoms with Crippen molar-refractivity contribution in [2.45, 2.75) is 32.6 Å². The molecule has 0 unspecified atom stereocenters. The molecule has 1 aromatic carbocycles. The molecule has 3 rings (SSSR count). The molecule has 142 valence electrons. The minimum absolute atomic E-state index is 0.0968. The van der Waals surface area contributed by atoms with Gasteiger partial charge in [-0.3, -0.25) is 9.59 Å². The van der Waals surface area contributed by atoms with Gasteiger partial charge in [0, 0.05) is 51.6 Å². The van der Waals surface area contributed by atoms with E-state index in [2.05, 4.69) is 43.1 Å². The SMILES string of the molecule is Cc1ccc(CCC(=O)N2CCC(C(=O)N3CCN(C)CC3)CC2)cc1. The second-order valence-corrected chi connectivity index (χ2v) is 7.77. The molecule has 0 spiro atoms. The van der Waals surface area contributed by atoms with Crippen molar-refractivity contribution in [3.63, 3.8) is 0 Å². The van der Waals surface area contributed by atoms with E-state index in [0.717, 1.165) is 58.5 Å². The van der Waals surface area contributed by atoms with Crippen molar-refractivity contribution in [3.05, 3.63) is 35.4 Å². The van der Waals surface area contributed by atoms with Crippen molar-refractivity contribution in [1.82, 2.24) is 14.7 Å². The van der Waals surface area contributed by atoms with Crippen LogP contribution in [0, 0.1) is 12.8 Å². The standard InChI is InChI=1S/C21H31N3O2/c1-17-3-5-18(6-4-17)7-8-20(25)23-11-9-19(10-12-23)21(26)24-15-13-22(2)14-16-24/h3-6,19H,7-16H2,1-2H3. The summed E-state index contributed by atoms with van der Waals surface area (Å²) in [6, 6.07) is 8.39. The van der Waals surface area contributed by atoms with E-state index in [1.807, 2.05) is 9.80 Å². The molecule has 26 heavy (non-hydrogen) atoms. The van der Waals surface area contributed by atoms with Crippen molar-refractivity contribution < 1.29 is 9.59 Å². The molecule has 5 heteroatoms. The number of piperazine rings is 1. The number of likely N-dealkylation sites (tertiary alicyclic amines) is 1. The number of aryl methyl sites for hydroxylation is 2. The van der Waals surface area contributed by atoms with Crippen molar-refractivity contribution in [2.75, 3.05) is 46.3 Å². The zero-order chi connectivity index (χ0) is 18.5. The monoisotopic (exact) mass is 357 g/mol. The van der Waals surface area contributed by atoms with Crippen molar-refractivity contribution in [1.29, 1.82) is 0 Å². The number of amides is 2. The van der Waals surface area contributed by atoms with Crippen LogP contribution in [0.2, 0.25) is 0 Å². The summed E-state index contributed by atoms with van der Waals surface area (Å²) in [6.07, 6.45) is 2.96. The highest BCUT2D eigenvalue weighted by molar-refractivity contribution is 5.80. The summed E-state index contributed by atoms with van der Waals surface area (Å²) in [5.74, 6) is 0.612. The molecule has 0 aromatic heterocycles. The molecule has 2 aliphatic rings. The molecule has 0 aliphatic carbocycles. The molecule has 2 fully saturated rings. The van der Waals surface area contributed by atoms with E-state index in [4.69, 9.17) is 0 Å². The lowest BCUT2D eigenvalue weighted by atomic mass is 9.94. The summed E-state index contributed by atoms with van der Waals surface area (Å²) in [7, 11) is 2.10. The fraction of sp³-hybridized carbons (Fsp3) is 0.619. The van der Waals surface area contributed by atoms with Crippen LogP contribution in [0.4, 0.5) is 0 Å². The van der Waals surface area contributed by atoms with E-state index in [9.17, 15) is 9.59 Å². The Bertz CT molecular complexity index is 613. The van der Waals surface area contributed by atoms with Crippen LogP contribution in [0.25, 0.3) is 0 Å². The summed E-state index contributed by atoms with van der Waals surface area (Å²) < 4.78 is 0. The zero-order valence-electron chi connectivity index (χ0n) is 16.1. The summed E-state index contributed by atoms with van der Waals surface area (Å²) in [6.45, 7) is 7.11. The van der Waals surface area contributed by atoms with E-state index < -0.39 is 0 Å². The van der Waals surface area contributed by atoms with Crippen molar-refractivity contribution in [2.24, 2.45) is 5.92 Å². The summed E-state index contributed by atoms with van der Waals surface area (Å²) in [5, 5.41) is 0. The number of piperidine rings is 1. The van der Waals surface area contributed by atoms with E-state index in [1.54, 1.807) is 0 Å². The van der Waals surface area contributed by atoms with Gasteiger partial charge in [-0.05, 0) is 38.8 Å². The number of benzene rings is 1. The van der Waals surface area contributed by atoms with Gasteiger partial charge < -0.3 is 14.7 Å². The van der Waals surface area contributed by atoms with Gasteiger partial charge in [0.1, 0.15) is 0 Å². The zero-order valence-corrected chi connectivity index (χ0v) is 16.1. The summed E-state index contributed by atoms with van der Waals surface area (Å²) >= 11 is 0. The van der Waals surface area contributed by atoms with E-state index in [0.29, 0.717) is 12.3 Å². The van der Waals surface area contributed by atoms with Gasteiger partial charge >= 0.3 is 0 Å². The number of rotatable bonds is 4. The lowest BCUT2D eigenvalue weighted by Crippen LogP contribution is -2.51. The van der Waals surface area contributed by atoms with Gasteiger partial charge in [0.05, 0.1) is 0 Å². The minimum Gasteiger partial charge on any atom is -0.343 e. The van der Waals surface area contributed by atoms with Crippen LogP contribution in [-0.2, 0) is 16.0 Å². The van der Waals surface area contributed by atoms with Crippen LogP contribution in [0.3, 0.4) is 0 Å². The van der Waals surface area contributed by atoms with Crippen LogP contribution < -0.4 is 0 Å². The second kappa shape index (κ2) is 8.67. The number of hydrogen-bond acceptors (Lipinski definition) is 3. The minimum atomic E-state index is 0.0968. The molecule has 2 heterocycles. The number of hydrogen-bond donors (Lipinski definition) is 0. The van der Waals surface area contributed by atoms with Crippen LogP contribution in [0.5, 0.6) is 0 Å². The Hall–Kier alpha value is -1.88. The molecule has 2 aliphatic heterocycles. The molecule has 1 aromatic rings. The predicted octanol–water partition coefficient (Wildman–Crippen LogP) is 1.94. The lowest BCUT2D eigenvalue weighted by Gasteiger charge is -2.37. The maximum absolute atomic E-state index is 12.7. The first-order valence-corrected chi connectivity index (χ1v) is 9.83. The van der Waals surface area contributed by atoms with E-state index in [-0.39, 0.29) is 11.8 Å². The Morgan fingerprint density at radius 1 is 0.923 bits per heavy atom. The van der Waals surface area contributed by atoms with Gasteiger partial charge in [-0.15, -0.1) is 0 Å². The average Bonchev–Trinajstić information content (AvgIpc) is 2.67. The molecule has 0 N–H and O–H groups in total. The maximum Gasteiger partial charge on any atom is 0.225 e. The van der Waals surface area contributed by atoms with Gasteiger partial charge in [-0.2, -0.15) is 0 Å². The molecule has 2 amide bonds. The normalized spacial score (nSPS) is 19.6. The van der Waals surface area contributed by atoms with Crippen LogP contribution in [-0.4, -0.2) is 72.8 Å². The Balaban J connectivity index is 1.42. The topological polar surface area (TPSA) is 43.9 Å². The third-order valence-corrected chi connectivity index (χ3v) is 5.76. The molecule has 5 nitrogen and oxygen atoms in total. The Morgan fingerprint density at radius 3 is 2.15 bits per heavy atom. The molecular formula is C21H31N3O2. The number of carbonyl (C=O) groups is 2. The quantitative estimate of drug-likeness (QED) is 0.827. The second-order valence-electron chi connectivity index (χ2n) is 7.77. The molecular weight excluding hydrogens is 326 g/mol. The maximum atomic E-state index is 12.7. The Labute approximate surface area is 156 Å². The van der Waals surface area contributed by atoms with Crippen LogP contribution in [0.1, 0.15) is 30.4 Å². The fourth-order valence-corrected chi connectivity index (χ4v) is 3.83. The Kier molecular flexibility index (Phi) is 6.30. The largest absolute Gasteiger partial charge is 0.343 e. The molecule has 0 radical (unpaired) electrons. The smallest absolute Gasteiger partial charge is 0.225 e. The molecule has 0 bridgehead atoms. The number of likely N-dealkylation sites (N-methyl/N-ethyl adjacent to an activating group) is 1. The lowest BCUT2D eigenvalue weighted by molar-refractivity contribution is -0.141. The Morgan fingerprint density at radius 2 is 1.54 bits per heavy atom. The van der Waals surface area contributed by atoms with Gasteiger partial charge in [0.25, 0.3) is 0 Å². The van der Waals surface area contributed by atoms with Crippen LogP contribution >= 0.6 is 0 Å². The van der Waals surface area contributed by atoms with Crippen molar-refractivity contribution >= 4 is 11.8 Å². The highest BCUT2D eigenvalue weighted by Crippen LogP contribution is 2.21. The van der Waals surface area contributed by atoms with Gasteiger partial charge in [0.15, 0.2) is 0 Å². The summed E-state index contributed by atoms with van der Waals surface area (Å²) in [5.41, 5.74) is 2.45. The van der Waals surface area contributed by atoms with Crippen molar-refractivity contribution in [3.8, 4) is 0 Å². The fourth-order valence-electron chi connectivity index (χ4n) is 3.83. The van der Waals surface area contributed by atoms with Gasteiger partial charge in [-0.1, -0.05) is 29.8 Å². The first-order chi connectivity index (χ1) is 12.5.